The van der Waals surface area contributed by atoms with Crippen molar-refractivity contribution in [2.45, 2.75) is 19.3 Å². The normalized spacial score (nSPS) is 12.9. The number of aromatic nitrogens is 2. The van der Waals surface area contributed by atoms with Crippen LogP contribution in [0.2, 0.25) is 0 Å². The zero-order chi connectivity index (χ0) is 35.5. The van der Waals surface area contributed by atoms with E-state index in [0.29, 0.717) is 0 Å². The predicted molar refractivity (Wildman–Crippen MR) is 222 cm³/mol. The van der Waals surface area contributed by atoms with Gasteiger partial charge in [0.05, 0.1) is 11.4 Å². The van der Waals surface area contributed by atoms with Gasteiger partial charge in [-0.15, -0.1) is 0 Å². The van der Waals surface area contributed by atoms with Crippen LogP contribution in [-0.2, 0) is 5.41 Å². The van der Waals surface area contributed by atoms with Crippen LogP contribution in [0, 0.1) is 0 Å². The molecule has 53 heavy (non-hydrogen) atoms. The monoisotopic (exact) mass is 676 g/mol. The van der Waals surface area contributed by atoms with Gasteiger partial charge < -0.3 is 0 Å². The summed E-state index contributed by atoms with van der Waals surface area (Å²) in [6, 6.07) is 65.4. The molecule has 0 bridgehead atoms. The van der Waals surface area contributed by atoms with E-state index in [1.54, 1.807) is 0 Å². The molecule has 0 atom stereocenters. The van der Waals surface area contributed by atoms with E-state index in [9.17, 15) is 0 Å². The molecule has 0 N–H and O–H groups in total. The maximum Gasteiger partial charge on any atom is 0.160 e. The van der Waals surface area contributed by atoms with Crippen LogP contribution in [0.3, 0.4) is 0 Å². The molecule has 9 aromatic rings. The molecule has 0 spiro atoms. The van der Waals surface area contributed by atoms with E-state index in [4.69, 9.17) is 9.97 Å². The van der Waals surface area contributed by atoms with Crippen LogP contribution in [0.25, 0.3) is 88.8 Å². The van der Waals surface area contributed by atoms with Crippen molar-refractivity contribution in [2.75, 3.05) is 0 Å². The molecule has 1 aliphatic carbocycles. The van der Waals surface area contributed by atoms with Crippen molar-refractivity contribution in [3.63, 3.8) is 0 Å². The second kappa shape index (κ2) is 12.3. The fraction of sp³-hybridized carbons (Fsp3) is 0.0588. The van der Waals surface area contributed by atoms with Crippen molar-refractivity contribution in [3.8, 4) is 67.3 Å². The summed E-state index contributed by atoms with van der Waals surface area (Å²) in [7, 11) is 0. The van der Waals surface area contributed by atoms with Crippen molar-refractivity contribution in [2.24, 2.45) is 0 Å². The lowest BCUT2D eigenvalue weighted by atomic mass is 9.80. The number of hydrogen-bond donors (Lipinski definition) is 0. The Kier molecular flexibility index (Phi) is 7.19. The molecule has 0 radical (unpaired) electrons. The highest BCUT2D eigenvalue weighted by Gasteiger charge is 2.36. The molecule has 0 fully saturated rings. The number of nitrogens with zero attached hydrogens (tertiary/aromatic N) is 2. The van der Waals surface area contributed by atoms with Crippen LogP contribution in [0.1, 0.15) is 25.0 Å². The van der Waals surface area contributed by atoms with Gasteiger partial charge in [0.1, 0.15) is 0 Å². The van der Waals surface area contributed by atoms with Crippen LogP contribution >= 0.6 is 0 Å². The van der Waals surface area contributed by atoms with Crippen molar-refractivity contribution >= 4 is 21.5 Å². The van der Waals surface area contributed by atoms with E-state index in [-0.39, 0.29) is 5.41 Å². The molecule has 2 heteroatoms. The Morgan fingerprint density at radius 2 is 0.830 bits per heavy atom. The summed E-state index contributed by atoms with van der Waals surface area (Å²) >= 11 is 0. The molecule has 0 saturated carbocycles. The fourth-order valence-corrected chi connectivity index (χ4v) is 8.38. The van der Waals surface area contributed by atoms with Crippen LogP contribution in [0.4, 0.5) is 0 Å². The van der Waals surface area contributed by atoms with E-state index in [1.165, 1.54) is 66.1 Å². The molecule has 0 aliphatic heterocycles. The minimum Gasteiger partial charge on any atom is -0.228 e. The Hall–Kier alpha value is -6.64. The molecular weight excluding hydrogens is 641 g/mol. The Morgan fingerprint density at radius 1 is 0.340 bits per heavy atom. The fourth-order valence-electron chi connectivity index (χ4n) is 8.38. The molecule has 1 heterocycles. The molecule has 1 aliphatic rings. The van der Waals surface area contributed by atoms with E-state index in [0.717, 1.165) is 33.9 Å². The third kappa shape index (κ3) is 5.18. The summed E-state index contributed by atoms with van der Waals surface area (Å²) in [6.07, 6.45) is 0. The largest absolute Gasteiger partial charge is 0.228 e. The lowest BCUT2D eigenvalue weighted by Gasteiger charge is -2.23. The van der Waals surface area contributed by atoms with Gasteiger partial charge in [-0.2, -0.15) is 0 Å². The Morgan fingerprint density at radius 3 is 1.53 bits per heavy atom. The summed E-state index contributed by atoms with van der Waals surface area (Å²) in [6.45, 7) is 4.73. The number of benzene rings is 8. The zero-order valence-electron chi connectivity index (χ0n) is 29.7. The smallest absolute Gasteiger partial charge is 0.160 e. The standard InChI is InChI=1S/C51H36N2/c1-51(2)46-30-36(33-14-5-3-6-15-33)24-26-42(46)43-27-25-37(31-47(43)51)39-28-29-45(41-22-12-11-21-40(39)41)49-32-48(52-50(53-49)35-17-7-4-8-18-35)44-23-13-19-34-16-9-10-20-38(34)44/h3-32H,1-2H3. The van der Waals surface area contributed by atoms with E-state index in [2.05, 4.69) is 178 Å². The first-order chi connectivity index (χ1) is 26.0. The third-order valence-electron chi connectivity index (χ3n) is 11.1. The number of fused-ring (bicyclic) bond motifs is 5. The van der Waals surface area contributed by atoms with Crippen molar-refractivity contribution in [3.05, 3.63) is 193 Å². The highest BCUT2D eigenvalue weighted by molar-refractivity contribution is 6.05. The van der Waals surface area contributed by atoms with Crippen molar-refractivity contribution in [1.82, 2.24) is 9.97 Å². The average molecular weight is 677 g/mol. The zero-order valence-corrected chi connectivity index (χ0v) is 29.7. The summed E-state index contributed by atoms with van der Waals surface area (Å²) < 4.78 is 0. The first-order valence-electron chi connectivity index (χ1n) is 18.3. The molecule has 0 unspecified atom stereocenters. The topological polar surface area (TPSA) is 25.8 Å². The predicted octanol–water partition coefficient (Wildman–Crippen LogP) is 13.4. The van der Waals surface area contributed by atoms with Gasteiger partial charge in [-0.05, 0) is 84.3 Å². The quantitative estimate of drug-likeness (QED) is 0.181. The number of hydrogen-bond acceptors (Lipinski definition) is 2. The average Bonchev–Trinajstić information content (AvgIpc) is 3.45. The van der Waals surface area contributed by atoms with Gasteiger partial charge in [-0.1, -0.05) is 178 Å². The van der Waals surface area contributed by atoms with Crippen LogP contribution in [0.5, 0.6) is 0 Å². The van der Waals surface area contributed by atoms with Crippen LogP contribution < -0.4 is 0 Å². The van der Waals surface area contributed by atoms with Crippen LogP contribution in [-0.4, -0.2) is 9.97 Å². The summed E-state index contributed by atoms with van der Waals surface area (Å²) in [5.74, 6) is 0.718. The molecule has 10 rings (SSSR count). The van der Waals surface area contributed by atoms with Gasteiger partial charge in [0.25, 0.3) is 0 Å². The first-order valence-corrected chi connectivity index (χ1v) is 18.3. The second-order valence-electron chi connectivity index (χ2n) is 14.6. The SMILES string of the molecule is CC1(C)c2cc(-c3ccccc3)ccc2-c2ccc(-c3ccc(-c4cc(-c5cccc6ccccc56)nc(-c5ccccc5)n4)c4ccccc34)cc21. The highest BCUT2D eigenvalue weighted by atomic mass is 14.9. The Labute approximate surface area is 310 Å². The van der Waals surface area contributed by atoms with E-state index in [1.807, 2.05) is 18.2 Å². The lowest BCUT2D eigenvalue weighted by Crippen LogP contribution is -2.15. The van der Waals surface area contributed by atoms with Gasteiger partial charge >= 0.3 is 0 Å². The summed E-state index contributed by atoms with van der Waals surface area (Å²) in [4.78, 5) is 10.4. The molecular formula is C51H36N2. The van der Waals surface area contributed by atoms with E-state index >= 15 is 0 Å². The van der Waals surface area contributed by atoms with Crippen LogP contribution in [0.15, 0.2) is 182 Å². The van der Waals surface area contributed by atoms with Crippen molar-refractivity contribution in [1.29, 1.82) is 0 Å². The van der Waals surface area contributed by atoms with E-state index < -0.39 is 0 Å². The molecule has 2 nitrogen and oxygen atoms in total. The highest BCUT2D eigenvalue weighted by Crippen LogP contribution is 2.51. The molecule has 0 saturated heterocycles. The molecule has 250 valence electrons. The third-order valence-corrected chi connectivity index (χ3v) is 11.1. The van der Waals surface area contributed by atoms with Gasteiger partial charge in [-0.3, -0.25) is 0 Å². The molecule has 1 aromatic heterocycles. The Bertz CT molecular complexity index is 2850. The molecule has 8 aromatic carbocycles. The van der Waals surface area contributed by atoms with Crippen molar-refractivity contribution < 1.29 is 0 Å². The maximum atomic E-state index is 5.24. The van der Waals surface area contributed by atoms with Gasteiger partial charge in [0.2, 0.25) is 0 Å². The first kappa shape index (κ1) is 31.1. The summed E-state index contributed by atoms with van der Waals surface area (Å²) in [5.41, 5.74) is 15.2. The summed E-state index contributed by atoms with van der Waals surface area (Å²) in [5, 5.41) is 4.74. The minimum atomic E-state index is -0.131. The number of rotatable bonds is 5. The van der Waals surface area contributed by atoms with Gasteiger partial charge in [0, 0.05) is 22.1 Å². The lowest BCUT2D eigenvalue weighted by molar-refractivity contribution is 0.661. The minimum absolute atomic E-state index is 0.131. The Balaban J connectivity index is 1.11. The molecule has 0 amide bonds. The second-order valence-corrected chi connectivity index (χ2v) is 14.6. The maximum absolute atomic E-state index is 5.24. The van der Waals surface area contributed by atoms with Gasteiger partial charge in [0.15, 0.2) is 5.82 Å². The van der Waals surface area contributed by atoms with Gasteiger partial charge in [-0.25, -0.2) is 9.97 Å².